The molecule has 1 N–H and O–H groups in total. The third-order valence-corrected chi connectivity index (χ3v) is 2.08. The molecule has 0 fully saturated rings. The Labute approximate surface area is 87.0 Å². The third kappa shape index (κ3) is 2.97. The predicted molar refractivity (Wildman–Crippen MR) is 54.8 cm³/mol. The standard InChI is InChI=1S/C9H11ClN2O2/c1-12(11-14)6-9(13)7-2-4-8(10)5-3-7/h2-5,9,13H,6H2,1H3. The van der Waals surface area contributed by atoms with Crippen LogP contribution in [-0.4, -0.2) is 23.7 Å². The van der Waals surface area contributed by atoms with Gasteiger partial charge in [0, 0.05) is 12.1 Å². The maximum absolute atomic E-state index is 10.1. The van der Waals surface area contributed by atoms with E-state index < -0.39 is 6.10 Å². The first kappa shape index (κ1) is 10.9. The lowest BCUT2D eigenvalue weighted by atomic mass is 10.1. The fourth-order valence-electron chi connectivity index (χ4n) is 1.07. The number of hydrogen-bond donors (Lipinski definition) is 1. The molecule has 0 radical (unpaired) electrons. The first-order valence-corrected chi connectivity index (χ1v) is 4.49. The maximum Gasteiger partial charge on any atom is 0.0982 e. The minimum Gasteiger partial charge on any atom is -0.386 e. The summed E-state index contributed by atoms with van der Waals surface area (Å²) in [4.78, 5) is 10.1. The van der Waals surface area contributed by atoms with Crippen molar-refractivity contribution in [1.29, 1.82) is 0 Å². The van der Waals surface area contributed by atoms with E-state index in [-0.39, 0.29) is 6.54 Å². The molecule has 76 valence electrons. The summed E-state index contributed by atoms with van der Waals surface area (Å²) in [7, 11) is 1.51. The fraction of sp³-hybridized carbons (Fsp3) is 0.333. The summed E-state index contributed by atoms with van der Waals surface area (Å²) < 4.78 is 0. The molecule has 5 heteroatoms. The largest absolute Gasteiger partial charge is 0.386 e. The smallest absolute Gasteiger partial charge is 0.0982 e. The molecule has 0 saturated carbocycles. The molecule has 14 heavy (non-hydrogen) atoms. The number of benzene rings is 1. The van der Waals surface area contributed by atoms with E-state index >= 15 is 0 Å². The molecule has 0 aromatic heterocycles. The summed E-state index contributed by atoms with van der Waals surface area (Å²) in [5.74, 6) is 0. The zero-order valence-electron chi connectivity index (χ0n) is 7.72. The van der Waals surface area contributed by atoms with Gasteiger partial charge >= 0.3 is 0 Å². The lowest BCUT2D eigenvalue weighted by molar-refractivity contribution is 0.128. The highest BCUT2D eigenvalue weighted by Gasteiger charge is 2.09. The van der Waals surface area contributed by atoms with Gasteiger partial charge in [0.2, 0.25) is 0 Å². The third-order valence-electron chi connectivity index (χ3n) is 1.83. The monoisotopic (exact) mass is 214 g/mol. The Balaban J connectivity index is 2.64. The Bertz CT molecular complexity index is 302. The number of nitrogens with zero attached hydrogens (tertiary/aromatic N) is 2. The van der Waals surface area contributed by atoms with Crippen LogP contribution in [-0.2, 0) is 0 Å². The molecule has 0 spiro atoms. The second kappa shape index (κ2) is 4.93. The van der Waals surface area contributed by atoms with Crippen LogP contribution >= 0.6 is 11.6 Å². The summed E-state index contributed by atoms with van der Waals surface area (Å²) >= 11 is 5.69. The highest BCUT2D eigenvalue weighted by molar-refractivity contribution is 6.30. The van der Waals surface area contributed by atoms with Crippen molar-refractivity contribution < 1.29 is 5.11 Å². The predicted octanol–water partition coefficient (Wildman–Crippen LogP) is 1.99. The number of likely N-dealkylation sites (N-methyl/N-ethyl adjacent to an activating group) is 1. The van der Waals surface area contributed by atoms with Gasteiger partial charge in [-0.15, -0.1) is 4.91 Å². The number of aliphatic hydroxyl groups excluding tert-OH is 1. The Morgan fingerprint density at radius 2 is 2.07 bits per heavy atom. The first-order chi connectivity index (χ1) is 6.63. The summed E-state index contributed by atoms with van der Waals surface area (Å²) in [6.45, 7) is 0.172. The molecule has 0 aliphatic rings. The van der Waals surface area contributed by atoms with Crippen molar-refractivity contribution in [3.05, 3.63) is 39.8 Å². The van der Waals surface area contributed by atoms with Crippen molar-refractivity contribution in [3.8, 4) is 0 Å². The van der Waals surface area contributed by atoms with E-state index in [4.69, 9.17) is 11.6 Å². The number of rotatable bonds is 4. The molecule has 0 saturated heterocycles. The lowest BCUT2D eigenvalue weighted by Gasteiger charge is -2.14. The minimum atomic E-state index is -0.727. The van der Waals surface area contributed by atoms with Crippen LogP contribution in [0.3, 0.4) is 0 Å². The van der Waals surface area contributed by atoms with Gasteiger partial charge in [0.25, 0.3) is 0 Å². The summed E-state index contributed by atoms with van der Waals surface area (Å²) in [6.07, 6.45) is -0.727. The van der Waals surface area contributed by atoms with E-state index in [1.54, 1.807) is 24.3 Å². The Kier molecular flexibility index (Phi) is 3.85. The van der Waals surface area contributed by atoms with Gasteiger partial charge in [0.05, 0.1) is 17.9 Å². The van der Waals surface area contributed by atoms with Gasteiger partial charge < -0.3 is 5.11 Å². The lowest BCUT2D eigenvalue weighted by Crippen LogP contribution is -2.18. The van der Waals surface area contributed by atoms with Crippen molar-refractivity contribution in [2.45, 2.75) is 6.10 Å². The van der Waals surface area contributed by atoms with Crippen LogP contribution in [0.4, 0.5) is 0 Å². The van der Waals surface area contributed by atoms with Gasteiger partial charge in [0.15, 0.2) is 0 Å². The molecule has 1 unspecified atom stereocenters. The number of hydrogen-bond acceptors (Lipinski definition) is 3. The van der Waals surface area contributed by atoms with Crippen LogP contribution in [0.2, 0.25) is 5.02 Å². The first-order valence-electron chi connectivity index (χ1n) is 4.11. The van der Waals surface area contributed by atoms with Crippen molar-refractivity contribution in [1.82, 2.24) is 5.01 Å². The second-order valence-electron chi connectivity index (χ2n) is 2.99. The molecule has 1 rings (SSSR count). The minimum absolute atomic E-state index is 0.172. The molecule has 0 aliphatic carbocycles. The van der Waals surface area contributed by atoms with Crippen molar-refractivity contribution in [2.24, 2.45) is 5.29 Å². The quantitative estimate of drug-likeness (QED) is 0.616. The van der Waals surface area contributed by atoms with Crippen molar-refractivity contribution in [3.63, 3.8) is 0 Å². The fourth-order valence-corrected chi connectivity index (χ4v) is 1.20. The molecule has 4 nitrogen and oxygen atoms in total. The highest BCUT2D eigenvalue weighted by Crippen LogP contribution is 2.16. The Hall–Kier alpha value is -1.13. The van der Waals surface area contributed by atoms with Crippen LogP contribution in [0.25, 0.3) is 0 Å². The van der Waals surface area contributed by atoms with Crippen LogP contribution in [0.15, 0.2) is 29.6 Å². The van der Waals surface area contributed by atoms with Crippen LogP contribution in [0, 0.1) is 4.91 Å². The van der Waals surface area contributed by atoms with Gasteiger partial charge in [-0.05, 0) is 17.7 Å². The van der Waals surface area contributed by atoms with Crippen LogP contribution in [0.1, 0.15) is 11.7 Å². The summed E-state index contributed by atoms with van der Waals surface area (Å²) in [6, 6.07) is 6.81. The molecule has 1 aromatic rings. The van der Waals surface area contributed by atoms with E-state index in [1.807, 2.05) is 0 Å². The number of nitroso groups, excluding NO2 is 1. The van der Waals surface area contributed by atoms with Crippen molar-refractivity contribution in [2.75, 3.05) is 13.6 Å². The summed E-state index contributed by atoms with van der Waals surface area (Å²) in [5.41, 5.74) is 0.713. The Morgan fingerprint density at radius 1 is 1.50 bits per heavy atom. The van der Waals surface area contributed by atoms with Crippen LogP contribution < -0.4 is 0 Å². The zero-order valence-corrected chi connectivity index (χ0v) is 8.48. The highest BCUT2D eigenvalue weighted by atomic mass is 35.5. The molecule has 0 amide bonds. The van der Waals surface area contributed by atoms with Gasteiger partial charge in [-0.1, -0.05) is 23.7 Å². The van der Waals surface area contributed by atoms with Gasteiger partial charge in [-0.3, -0.25) is 5.01 Å². The SMILES string of the molecule is CN(CC(O)c1ccc(Cl)cc1)N=O. The normalized spacial score (nSPS) is 12.2. The van der Waals surface area contributed by atoms with E-state index in [0.29, 0.717) is 10.6 Å². The average Bonchev–Trinajstić information content (AvgIpc) is 2.18. The van der Waals surface area contributed by atoms with Crippen molar-refractivity contribution >= 4 is 11.6 Å². The number of halogens is 1. The topological polar surface area (TPSA) is 52.9 Å². The molecular formula is C9H11ClN2O2. The molecule has 1 aromatic carbocycles. The Morgan fingerprint density at radius 3 is 2.57 bits per heavy atom. The molecule has 0 bridgehead atoms. The average molecular weight is 215 g/mol. The molecule has 0 heterocycles. The molecule has 1 atom stereocenters. The van der Waals surface area contributed by atoms with Crippen LogP contribution in [0.5, 0.6) is 0 Å². The molecule has 0 aliphatic heterocycles. The zero-order chi connectivity index (χ0) is 10.6. The second-order valence-corrected chi connectivity index (χ2v) is 3.43. The van der Waals surface area contributed by atoms with E-state index in [9.17, 15) is 10.0 Å². The summed E-state index contributed by atoms with van der Waals surface area (Å²) in [5, 5.41) is 14.0. The van der Waals surface area contributed by atoms with E-state index in [2.05, 4.69) is 5.29 Å². The maximum atomic E-state index is 10.1. The number of aliphatic hydroxyl groups is 1. The van der Waals surface area contributed by atoms with Gasteiger partial charge in [-0.25, -0.2) is 0 Å². The van der Waals surface area contributed by atoms with Gasteiger partial charge in [0.1, 0.15) is 0 Å². The molecular weight excluding hydrogens is 204 g/mol. The van der Waals surface area contributed by atoms with E-state index in [0.717, 1.165) is 5.01 Å². The van der Waals surface area contributed by atoms with Gasteiger partial charge in [-0.2, -0.15) is 0 Å². The van der Waals surface area contributed by atoms with E-state index in [1.165, 1.54) is 7.05 Å².